The second-order valence-electron chi connectivity index (χ2n) is 19.7. The third kappa shape index (κ3) is 46.9. The minimum absolute atomic E-state index is 0.0697. The highest BCUT2D eigenvalue weighted by Gasteiger charge is 2.24. The molecule has 378 valence electrons. The lowest BCUT2D eigenvalue weighted by Gasteiger charge is -2.24. The van der Waals surface area contributed by atoms with E-state index in [0.29, 0.717) is 19.3 Å². The Kier molecular flexibility index (Phi) is 51.0. The molecule has 6 heteroatoms. The molecule has 0 bridgehead atoms. The minimum Gasteiger partial charge on any atom is -0.462 e. The molecule has 0 aliphatic carbocycles. The van der Waals surface area contributed by atoms with Gasteiger partial charge in [0.2, 0.25) is 5.91 Å². The van der Waals surface area contributed by atoms with E-state index in [4.69, 9.17) is 4.74 Å². The van der Waals surface area contributed by atoms with Crippen molar-refractivity contribution in [3.05, 3.63) is 24.3 Å². The van der Waals surface area contributed by atoms with Crippen LogP contribution in [0, 0.1) is 0 Å². The Morgan fingerprint density at radius 2 is 0.781 bits per heavy atom. The first-order valence-electron chi connectivity index (χ1n) is 28.6. The van der Waals surface area contributed by atoms with Gasteiger partial charge in [0.25, 0.3) is 0 Å². The number of hydrogen-bond donors (Lipinski definition) is 3. The molecule has 0 saturated carbocycles. The van der Waals surface area contributed by atoms with Crippen molar-refractivity contribution in [3.8, 4) is 0 Å². The molecule has 0 heterocycles. The molecule has 0 rings (SSSR count). The van der Waals surface area contributed by atoms with Crippen LogP contribution in [0.1, 0.15) is 310 Å². The van der Waals surface area contributed by atoms with Crippen LogP contribution in [0.4, 0.5) is 0 Å². The van der Waals surface area contributed by atoms with Crippen molar-refractivity contribution in [2.45, 2.75) is 328 Å². The van der Waals surface area contributed by atoms with E-state index in [0.717, 1.165) is 70.6 Å². The van der Waals surface area contributed by atoms with Crippen LogP contribution in [0.15, 0.2) is 24.3 Å². The number of nitrogens with one attached hydrogen (secondary N) is 1. The van der Waals surface area contributed by atoms with Gasteiger partial charge in [0, 0.05) is 6.42 Å². The minimum atomic E-state index is -0.790. The number of carbonyl (C=O) groups is 2. The van der Waals surface area contributed by atoms with Gasteiger partial charge in [-0.25, -0.2) is 0 Å². The number of hydrogen-bond acceptors (Lipinski definition) is 5. The highest BCUT2D eigenvalue weighted by atomic mass is 16.5. The zero-order valence-corrected chi connectivity index (χ0v) is 43.2. The number of aliphatic hydroxyl groups excluding tert-OH is 2. The van der Waals surface area contributed by atoms with Gasteiger partial charge in [0.05, 0.1) is 25.2 Å². The zero-order chi connectivity index (χ0) is 46.7. The smallest absolute Gasteiger partial charge is 0.306 e. The van der Waals surface area contributed by atoms with Crippen LogP contribution in [0.3, 0.4) is 0 Å². The second kappa shape index (κ2) is 52.3. The van der Waals surface area contributed by atoms with E-state index in [9.17, 15) is 19.8 Å². The topological polar surface area (TPSA) is 95.9 Å². The molecule has 0 aromatic carbocycles. The van der Waals surface area contributed by atoms with Crippen molar-refractivity contribution < 1.29 is 24.5 Å². The average molecular weight is 903 g/mol. The number of allylic oxidation sites excluding steroid dienone is 4. The molecule has 3 unspecified atom stereocenters. The van der Waals surface area contributed by atoms with E-state index in [2.05, 4.69) is 50.4 Å². The van der Waals surface area contributed by atoms with Gasteiger partial charge in [-0.1, -0.05) is 270 Å². The number of rotatable bonds is 52. The molecule has 6 nitrogen and oxygen atoms in total. The molecule has 3 N–H and O–H groups in total. The molecule has 3 atom stereocenters. The summed E-state index contributed by atoms with van der Waals surface area (Å²) in [5.41, 5.74) is 0. The van der Waals surface area contributed by atoms with Gasteiger partial charge >= 0.3 is 5.97 Å². The van der Waals surface area contributed by atoms with E-state index >= 15 is 0 Å². The summed E-state index contributed by atoms with van der Waals surface area (Å²) in [6.07, 6.45) is 61.0. The Morgan fingerprint density at radius 1 is 0.453 bits per heavy atom. The number of aliphatic hydroxyl groups is 2. The third-order valence-electron chi connectivity index (χ3n) is 13.3. The van der Waals surface area contributed by atoms with Crippen molar-refractivity contribution >= 4 is 11.9 Å². The summed E-state index contributed by atoms with van der Waals surface area (Å²) in [5.74, 6) is -0.476. The van der Waals surface area contributed by atoms with Gasteiger partial charge in [-0.2, -0.15) is 0 Å². The van der Waals surface area contributed by atoms with Crippen LogP contribution in [-0.2, 0) is 14.3 Å². The molecule has 0 radical (unpaired) electrons. The summed E-state index contributed by atoms with van der Waals surface area (Å²) < 4.78 is 5.95. The van der Waals surface area contributed by atoms with E-state index < -0.39 is 18.2 Å². The number of ether oxygens (including phenoxy) is 1. The van der Waals surface area contributed by atoms with Crippen molar-refractivity contribution in [1.29, 1.82) is 0 Å². The van der Waals surface area contributed by atoms with Gasteiger partial charge in [-0.05, 0) is 51.4 Å². The first-order chi connectivity index (χ1) is 31.5. The van der Waals surface area contributed by atoms with E-state index in [-0.39, 0.29) is 24.9 Å². The van der Waals surface area contributed by atoms with Crippen LogP contribution in [0.25, 0.3) is 0 Å². The summed E-state index contributed by atoms with van der Waals surface area (Å²) in [5, 5.41) is 23.9. The van der Waals surface area contributed by atoms with Crippen molar-refractivity contribution in [2.75, 3.05) is 6.61 Å². The molecule has 64 heavy (non-hydrogen) atoms. The standard InChI is InChI=1S/C58H111NO5/c1-4-7-10-13-16-19-22-25-27-29-32-35-38-41-44-47-50-56(61)55(53-60)59-57(62)52-54(49-46-43-40-37-34-31-24-21-18-15-12-9-6-3)64-58(63)51-48-45-42-39-36-33-30-28-26-23-20-17-14-11-8-5-2/h18,21,24,31,54-56,60-61H,4-17,19-20,22-23,25-30,32-53H2,1-3H3,(H,59,62)/b21-18+,31-24+. The summed E-state index contributed by atoms with van der Waals surface area (Å²) >= 11 is 0. The summed E-state index contributed by atoms with van der Waals surface area (Å²) in [7, 11) is 0. The highest BCUT2D eigenvalue weighted by molar-refractivity contribution is 5.77. The normalized spacial score (nSPS) is 13.3. The Bertz CT molecular complexity index is 1010. The second-order valence-corrected chi connectivity index (χ2v) is 19.7. The van der Waals surface area contributed by atoms with Crippen molar-refractivity contribution in [2.24, 2.45) is 0 Å². The van der Waals surface area contributed by atoms with Crippen LogP contribution in [0.2, 0.25) is 0 Å². The van der Waals surface area contributed by atoms with Crippen LogP contribution in [0.5, 0.6) is 0 Å². The van der Waals surface area contributed by atoms with Crippen LogP contribution >= 0.6 is 0 Å². The monoisotopic (exact) mass is 902 g/mol. The predicted octanol–water partition coefficient (Wildman–Crippen LogP) is 17.5. The molecule has 0 aromatic rings. The van der Waals surface area contributed by atoms with Gasteiger partial charge in [0.1, 0.15) is 6.10 Å². The third-order valence-corrected chi connectivity index (χ3v) is 13.3. The summed E-state index contributed by atoms with van der Waals surface area (Å²) in [6, 6.07) is -0.704. The largest absolute Gasteiger partial charge is 0.462 e. The molecule has 0 spiro atoms. The average Bonchev–Trinajstić information content (AvgIpc) is 3.29. The predicted molar refractivity (Wildman–Crippen MR) is 278 cm³/mol. The Morgan fingerprint density at radius 3 is 1.19 bits per heavy atom. The van der Waals surface area contributed by atoms with Gasteiger partial charge in [0.15, 0.2) is 0 Å². The quantitative estimate of drug-likeness (QED) is 0.0321. The lowest BCUT2D eigenvalue weighted by Crippen LogP contribution is -2.46. The molecule has 0 saturated heterocycles. The van der Waals surface area contributed by atoms with Gasteiger partial charge < -0.3 is 20.3 Å². The van der Waals surface area contributed by atoms with Gasteiger partial charge in [-0.15, -0.1) is 0 Å². The van der Waals surface area contributed by atoms with Crippen LogP contribution in [-0.4, -0.2) is 46.9 Å². The van der Waals surface area contributed by atoms with E-state index in [1.54, 1.807) is 0 Å². The first-order valence-corrected chi connectivity index (χ1v) is 28.6. The molecule has 0 aliphatic rings. The molecular weight excluding hydrogens is 791 g/mol. The molecule has 0 aliphatic heterocycles. The molecule has 0 fully saturated rings. The number of esters is 1. The molecule has 1 amide bonds. The molecular formula is C58H111NO5. The van der Waals surface area contributed by atoms with Crippen LogP contribution < -0.4 is 5.32 Å². The Labute approximate surface area is 399 Å². The molecule has 0 aromatic heterocycles. The fourth-order valence-corrected chi connectivity index (χ4v) is 8.95. The SMILES string of the molecule is CCCCC/C=C/C=C/CCCCCCC(CC(=O)NC(CO)C(O)CCCCCCCCCCCCCCCCCC)OC(=O)CCCCCCCCCCCCCCCCCC. The Hall–Kier alpha value is -1.66. The van der Waals surface area contributed by atoms with Crippen molar-refractivity contribution in [1.82, 2.24) is 5.32 Å². The summed E-state index contributed by atoms with van der Waals surface area (Å²) in [4.78, 5) is 26.2. The van der Waals surface area contributed by atoms with E-state index in [1.165, 1.54) is 193 Å². The fourth-order valence-electron chi connectivity index (χ4n) is 8.95. The maximum Gasteiger partial charge on any atom is 0.306 e. The highest BCUT2D eigenvalue weighted by Crippen LogP contribution is 2.19. The van der Waals surface area contributed by atoms with Gasteiger partial charge in [-0.3, -0.25) is 9.59 Å². The number of carbonyl (C=O) groups excluding carboxylic acids is 2. The first kappa shape index (κ1) is 62.3. The fraction of sp³-hybridized carbons (Fsp3) is 0.897. The number of amides is 1. The lowest BCUT2D eigenvalue weighted by atomic mass is 10.0. The summed E-state index contributed by atoms with van der Waals surface area (Å²) in [6.45, 7) is 6.49. The van der Waals surface area contributed by atoms with Crippen molar-refractivity contribution in [3.63, 3.8) is 0 Å². The zero-order valence-electron chi connectivity index (χ0n) is 43.2. The lowest BCUT2D eigenvalue weighted by molar-refractivity contribution is -0.151. The number of unbranched alkanes of at least 4 members (excludes halogenated alkanes) is 37. The Balaban J connectivity index is 4.50. The maximum absolute atomic E-state index is 13.2. The van der Waals surface area contributed by atoms with E-state index in [1.807, 2.05) is 0 Å². The maximum atomic E-state index is 13.2.